The maximum absolute atomic E-state index is 13.1. The Kier molecular flexibility index (Phi) is 4.01. The Morgan fingerprint density at radius 3 is 2.80 bits per heavy atom. The third-order valence-corrected chi connectivity index (χ3v) is 4.64. The minimum atomic E-state index is -0.332. The number of aromatic nitrogens is 3. The number of carbonyl (C=O) groups excluding carboxylic acids is 1. The lowest BCUT2D eigenvalue weighted by molar-refractivity contribution is 0.0603. The lowest BCUT2D eigenvalue weighted by Crippen LogP contribution is -2.41. The van der Waals surface area contributed by atoms with Gasteiger partial charge in [0, 0.05) is 25.1 Å². The van der Waals surface area contributed by atoms with Gasteiger partial charge in [-0.2, -0.15) is 0 Å². The van der Waals surface area contributed by atoms with Gasteiger partial charge in [0.2, 0.25) is 0 Å². The maximum atomic E-state index is 13.1. The predicted octanol–water partition coefficient (Wildman–Crippen LogP) is 2.46. The molecule has 4 heterocycles. The van der Waals surface area contributed by atoms with E-state index in [-0.39, 0.29) is 23.1 Å². The molecule has 1 aliphatic rings. The standard InChI is InChI=1S/C19H18N4O2/c24-18(14-13-21-17-9-3-6-12-23(17)19(14)25)22-11-5-2-8-16(22)15-7-1-4-10-20-15/h1,3-4,6-7,9-10,12-13,16H,2,5,8,11H2. The summed E-state index contributed by atoms with van der Waals surface area (Å²) in [7, 11) is 0. The predicted molar refractivity (Wildman–Crippen MR) is 93.3 cm³/mol. The van der Waals surface area contributed by atoms with Crippen molar-refractivity contribution in [2.45, 2.75) is 25.3 Å². The molecule has 3 aromatic heterocycles. The molecule has 0 aromatic carbocycles. The molecule has 6 nitrogen and oxygen atoms in total. The highest BCUT2D eigenvalue weighted by atomic mass is 16.2. The van der Waals surface area contributed by atoms with E-state index in [1.54, 1.807) is 29.4 Å². The van der Waals surface area contributed by atoms with Crippen molar-refractivity contribution in [2.75, 3.05) is 6.54 Å². The SMILES string of the molecule is O=C(c1cnc2ccccn2c1=O)N1CCCCC1c1ccccn1. The number of fused-ring (bicyclic) bond motifs is 1. The molecular formula is C19H18N4O2. The first-order chi connectivity index (χ1) is 12.3. The average Bonchev–Trinajstić information content (AvgIpc) is 2.69. The highest BCUT2D eigenvalue weighted by Crippen LogP contribution is 2.30. The van der Waals surface area contributed by atoms with Crippen LogP contribution >= 0.6 is 0 Å². The van der Waals surface area contributed by atoms with Gasteiger partial charge in [0.1, 0.15) is 11.2 Å². The Hall–Kier alpha value is -3.02. The molecule has 1 aliphatic heterocycles. The summed E-state index contributed by atoms with van der Waals surface area (Å²) >= 11 is 0. The van der Waals surface area contributed by atoms with Crippen LogP contribution in [0.4, 0.5) is 0 Å². The van der Waals surface area contributed by atoms with Crippen molar-refractivity contribution in [1.82, 2.24) is 19.3 Å². The fourth-order valence-corrected chi connectivity index (χ4v) is 3.38. The van der Waals surface area contributed by atoms with Gasteiger partial charge >= 0.3 is 0 Å². The number of likely N-dealkylation sites (tertiary alicyclic amines) is 1. The molecule has 0 aliphatic carbocycles. The van der Waals surface area contributed by atoms with E-state index in [0.29, 0.717) is 12.2 Å². The van der Waals surface area contributed by atoms with Gasteiger partial charge in [-0.1, -0.05) is 12.1 Å². The summed E-state index contributed by atoms with van der Waals surface area (Å²) in [5.41, 5.74) is 1.17. The van der Waals surface area contributed by atoms with E-state index in [0.717, 1.165) is 25.0 Å². The first-order valence-corrected chi connectivity index (χ1v) is 8.44. The lowest BCUT2D eigenvalue weighted by Gasteiger charge is -2.35. The third kappa shape index (κ3) is 2.80. The summed E-state index contributed by atoms with van der Waals surface area (Å²) in [6, 6.07) is 10.9. The van der Waals surface area contributed by atoms with E-state index in [1.807, 2.05) is 24.3 Å². The molecule has 126 valence electrons. The number of nitrogens with zero attached hydrogens (tertiary/aromatic N) is 4. The zero-order valence-corrected chi connectivity index (χ0v) is 13.7. The minimum absolute atomic E-state index is 0.0988. The number of piperidine rings is 1. The van der Waals surface area contributed by atoms with Gasteiger partial charge in [0.25, 0.3) is 11.5 Å². The van der Waals surface area contributed by atoms with Crippen molar-refractivity contribution in [3.63, 3.8) is 0 Å². The Balaban J connectivity index is 1.74. The topological polar surface area (TPSA) is 67.6 Å². The molecule has 0 radical (unpaired) electrons. The molecule has 4 rings (SSSR count). The fourth-order valence-electron chi connectivity index (χ4n) is 3.38. The summed E-state index contributed by atoms with van der Waals surface area (Å²) in [4.78, 5) is 36.2. The van der Waals surface area contributed by atoms with Gasteiger partial charge in [-0.25, -0.2) is 4.98 Å². The molecule has 0 saturated carbocycles. The third-order valence-electron chi connectivity index (χ3n) is 4.64. The zero-order chi connectivity index (χ0) is 17.2. The van der Waals surface area contributed by atoms with Crippen molar-refractivity contribution in [1.29, 1.82) is 0 Å². The second-order valence-corrected chi connectivity index (χ2v) is 6.17. The van der Waals surface area contributed by atoms with Gasteiger partial charge in [-0.05, 0) is 43.5 Å². The molecule has 25 heavy (non-hydrogen) atoms. The van der Waals surface area contributed by atoms with Crippen molar-refractivity contribution < 1.29 is 4.79 Å². The molecule has 0 bridgehead atoms. The zero-order valence-electron chi connectivity index (χ0n) is 13.7. The molecule has 1 saturated heterocycles. The van der Waals surface area contributed by atoms with Gasteiger partial charge in [-0.3, -0.25) is 19.0 Å². The van der Waals surface area contributed by atoms with Crippen LogP contribution < -0.4 is 5.56 Å². The normalized spacial score (nSPS) is 17.6. The fraction of sp³-hybridized carbons (Fsp3) is 0.263. The number of hydrogen-bond acceptors (Lipinski definition) is 4. The van der Waals surface area contributed by atoms with E-state index in [9.17, 15) is 9.59 Å². The van der Waals surface area contributed by atoms with Crippen LogP contribution in [0.2, 0.25) is 0 Å². The maximum Gasteiger partial charge on any atom is 0.270 e. The molecule has 0 N–H and O–H groups in total. The van der Waals surface area contributed by atoms with Crippen LogP contribution in [0.3, 0.4) is 0 Å². The lowest BCUT2D eigenvalue weighted by atomic mass is 9.98. The van der Waals surface area contributed by atoms with Gasteiger partial charge in [0.05, 0.1) is 11.7 Å². The summed E-state index contributed by atoms with van der Waals surface area (Å²) < 4.78 is 1.41. The molecule has 1 amide bonds. The van der Waals surface area contributed by atoms with E-state index in [2.05, 4.69) is 9.97 Å². The smallest absolute Gasteiger partial charge is 0.270 e. The van der Waals surface area contributed by atoms with Crippen LogP contribution in [-0.2, 0) is 0 Å². The Morgan fingerprint density at radius 2 is 1.96 bits per heavy atom. The summed E-state index contributed by atoms with van der Waals surface area (Å²) in [5, 5.41) is 0. The van der Waals surface area contributed by atoms with Crippen molar-refractivity contribution in [3.8, 4) is 0 Å². The quantitative estimate of drug-likeness (QED) is 0.722. The summed E-state index contributed by atoms with van der Waals surface area (Å²) in [5.74, 6) is -0.272. The second kappa shape index (κ2) is 6.47. The van der Waals surface area contributed by atoms with Gasteiger partial charge < -0.3 is 4.90 Å². The molecular weight excluding hydrogens is 316 g/mol. The van der Waals surface area contributed by atoms with E-state index >= 15 is 0 Å². The number of hydrogen-bond donors (Lipinski definition) is 0. The first kappa shape index (κ1) is 15.5. The average molecular weight is 334 g/mol. The first-order valence-electron chi connectivity index (χ1n) is 8.44. The van der Waals surface area contributed by atoms with E-state index < -0.39 is 0 Å². The minimum Gasteiger partial charge on any atom is -0.330 e. The van der Waals surface area contributed by atoms with Crippen LogP contribution in [0.25, 0.3) is 5.65 Å². The molecule has 6 heteroatoms. The largest absolute Gasteiger partial charge is 0.330 e. The van der Waals surface area contributed by atoms with Crippen LogP contribution in [0.1, 0.15) is 41.4 Å². The molecule has 1 fully saturated rings. The van der Waals surface area contributed by atoms with E-state index in [4.69, 9.17) is 0 Å². The van der Waals surface area contributed by atoms with Gasteiger partial charge in [0.15, 0.2) is 0 Å². The molecule has 1 atom stereocenters. The monoisotopic (exact) mass is 334 g/mol. The highest BCUT2D eigenvalue weighted by molar-refractivity contribution is 5.94. The molecule has 1 unspecified atom stereocenters. The van der Waals surface area contributed by atoms with Crippen LogP contribution in [0.5, 0.6) is 0 Å². The molecule has 0 spiro atoms. The number of amides is 1. The highest BCUT2D eigenvalue weighted by Gasteiger charge is 2.31. The van der Waals surface area contributed by atoms with E-state index in [1.165, 1.54) is 10.6 Å². The number of rotatable bonds is 2. The van der Waals surface area contributed by atoms with Crippen LogP contribution in [0.15, 0.2) is 59.8 Å². The number of pyridine rings is 2. The Morgan fingerprint density at radius 1 is 1.08 bits per heavy atom. The molecule has 3 aromatic rings. The number of carbonyl (C=O) groups is 1. The van der Waals surface area contributed by atoms with Crippen LogP contribution in [0, 0.1) is 0 Å². The van der Waals surface area contributed by atoms with Crippen molar-refractivity contribution >= 4 is 11.6 Å². The summed E-state index contributed by atoms with van der Waals surface area (Å²) in [6.07, 6.45) is 7.58. The van der Waals surface area contributed by atoms with Crippen molar-refractivity contribution in [2.24, 2.45) is 0 Å². The van der Waals surface area contributed by atoms with Crippen molar-refractivity contribution in [3.05, 3.63) is 76.6 Å². The van der Waals surface area contributed by atoms with Crippen LogP contribution in [-0.4, -0.2) is 31.7 Å². The Labute approximate surface area is 144 Å². The van der Waals surface area contributed by atoms with Gasteiger partial charge in [-0.15, -0.1) is 0 Å². The summed E-state index contributed by atoms with van der Waals surface area (Å²) in [6.45, 7) is 0.622. The Bertz CT molecular complexity index is 968. The second-order valence-electron chi connectivity index (χ2n) is 6.17.